The number of anilines is 3. The highest BCUT2D eigenvalue weighted by Crippen LogP contribution is 2.42. The number of benzene rings is 3. The van der Waals surface area contributed by atoms with E-state index < -0.39 is 184 Å². The predicted molar refractivity (Wildman–Crippen MR) is 300 cm³/mol. The Hall–Kier alpha value is -7.47. The molecule has 6 rings (SSSR count). The van der Waals surface area contributed by atoms with E-state index in [0.29, 0.717) is 10.6 Å². The molecule has 27 nitrogen and oxygen atoms in total. The zero-order valence-corrected chi connectivity index (χ0v) is 48.7. The molecule has 1 fully saturated rings. The Kier molecular flexibility index (Phi) is 23.3. The lowest BCUT2D eigenvalue weighted by Crippen LogP contribution is -2.61. The van der Waals surface area contributed by atoms with Crippen molar-refractivity contribution in [3.05, 3.63) is 101 Å². The molecular weight excluding hydrogens is 1200 g/mol. The minimum Gasteiger partial charge on any atom is -0.444 e. The van der Waals surface area contributed by atoms with Crippen LogP contribution >= 0.6 is 11.3 Å². The molecule has 0 spiro atoms. The van der Waals surface area contributed by atoms with Gasteiger partial charge in [-0.25, -0.2) is 41.3 Å². The highest BCUT2D eigenvalue weighted by Gasteiger charge is 2.47. The van der Waals surface area contributed by atoms with Gasteiger partial charge in [-0.05, 0) is 55.0 Å². The van der Waals surface area contributed by atoms with Gasteiger partial charge >= 0.3 is 6.09 Å². The van der Waals surface area contributed by atoms with Crippen molar-refractivity contribution in [2.24, 2.45) is 17.6 Å². The van der Waals surface area contributed by atoms with Gasteiger partial charge in [0.1, 0.15) is 67.1 Å². The van der Waals surface area contributed by atoms with E-state index in [2.05, 4.69) is 30.9 Å². The molecule has 32 heteroatoms. The monoisotopic (exact) mass is 1260 g/mol. The molecule has 14 N–H and O–H groups in total. The first-order chi connectivity index (χ1) is 40.8. The molecule has 1 aliphatic rings. The Labute approximate surface area is 498 Å². The summed E-state index contributed by atoms with van der Waals surface area (Å²) in [5, 5.41) is 89.3. The van der Waals surface area contributed by atoms with Gasteiger partial charge in [0.05, 0.1) is 52.1 Å². The van der Waals surface area contributed by atoms with Crippen LogP contribution in [0.5, 0.6) is 0 Å². The van der Waals surface area contributed by atoms with Gasteiger partial charge in [0.15, 0.2) is 28.6 Å². The van der Waals surface area contributed by atoms with Crippen molar-refractivity contribution in [1.82, 2.24) is 20.3 Å². The zero-order chi connectivity index (χ0) is 64.4. The molecule has 472 valence electrons. The fourth-order valence-corrected chi connectivity index (χ4v) is 10.9. The highest BCUT2D eigenvalue weighted by molar-refractivity contribution is 7.92. The summed E-state index contributed by atoms with van der Waals surface area (Å²) in [5.74, 6) is -11.4. The molecule has 0 aliphatic carbocycles. The average Bonchev–Trinajstić information content (AvgIpc) is 2.08. The molecule has 3 unspecified atom stereocenters. The maximum atomic E-state index is 16.3. The van der Waals surface area contributed by atoms with E-state index in [1.165, 1.54) is 62.5 Å². The number of Topliss-reactive ketones (excluding diaryl/α,β-unsaturated/α-hetero) is 2. The molecule has 5 aromatic rings. The number of thiazole rings is 1. The predicted octanol–water partition coefficient (Wildman–Crippen LogP) is 1.28. The van der Waals surface area contributed by atoms with Crippen molar-refractivity contribution < 1.29 is 105 Å². The molecular formula is C55H65F3N8O19S2. The first kappa shape index (κ1) is 68.6. The van der Waals surface area contributed by atoms with Gasteiger partial charge in [0.2, 0.25) is 23.7 Å². The van der Waals surface area contributed by atoms with Gasteiger partial charge in [0.25, 0.3) is 10.0 Å². The summed E-state index contributed by atoms with van der Waals surface area (Å²) in [7, 11) is -4.97. The lowest BCUT2D eigenvalue weighted by Gasteiger charge is -2.42. The minimum absolute atomic E-state index is 0.0188. The van der Waals surface area contributed by atoms with Crippen molar-refractivity contribution in [3.63, 3.8) is 0 Å². The summed E-state index contributed by atoms with van der Waals surface area (Å²) in [6.07, 6.45) is -19.9. The topological polar surface area (TPSA) is 439 Å². The molecule has 12 atom stereocenters. The number of hydrogen-bond donors (Lipinski definition) is 13. The summed E-state index contributed by atoms with van der Waals surface area (Å²) in [4.78, 5) is 90.3. The number of hydrogen-bond acceptors (Lipinski definition) is 23. The zero-order valence-electron chi connectivity index (χ0n) is 47.0. The van der Waals surface area contributed by atoms with Crippen LogP contribution in [0.4, 0.5) is 35.3 Å². The van der Waals surface area contributed by atoms with Crippen molar-refractivity contribution >= 4 is 74.1 Å². The lowest BCUT2D eigenvalue weighted by atomic mass is 9.93. The molecule has 3 aromatic carbocycles. The SMILES string of the molecule is CC(CC(=O)[C@H](O)[C@H](O)[C@@H](O[C@@H]1O[C@H](CO)[C@H](O)[C@H](O)[C@H]1O)[C@H](O)CO)C(=O)NC(C)C(=O)CC(CC(N)=O)C(=O)Nc1ccc(COC(=O)Nc2nccc(-c3sc(C(C)(C)C)nc3-c3cccc(NS(=O)(=O)c4c(F)cccc4F)c3F)n2)cc1. The summed E-state index contributed by atoms with van der Waals surface area (Å²) < 4.78 is 89.3. The number of carbonyl (C=O) groups is 6. The first-order valence-corrected chi connectivity index (χ1v) is 28.8. The van der Waals surface area contributed by atoms with E-state index in [1.54, 1.807) is 0 Å². The Morgan fingerprint density at radius 3 is 2.09 bits per heavy atom. The molecule has 0 saturated carbocycles. The number of aliphatic hydroxyl groups is 8. The Morgan fingerprint density at radius 1 is 0.816 bits per heavy atom. The van der Waals surface area contributed by atoms with Crippen LogP contribution < -0.4 is 26.4 Å². The van der Waals surface area contributed by atoms with Crippen LogP contribution in [-0.2, 0) is 60.2 Å². The van der Waals surface area contributed by atoms with Gasteiger partial charge < -0.3 is 71.4 Å². The van der Waals surface area contributed by atoms with Crippen LogP contribution in [0.2, 0.25) is 0 Å². The van der Waals surface area contributed by atoms with Gasteiger partial charge in [-0.3, -0.25) is 34.0 Å². The van der Waals surface area contributed by atoms with Gasteiger partial charge in [0, 0.05) is 48.0 Å². The fraction of sp³-hybridized carbons (Fsp3) is 0.436. The number of nitrogens with two attached hydrogens (primary N) is 1. The number of amides is 4. The normalized spacial score (nSPS) is 19.5. The number of nitrogens with zero attached hydrogens (tertiary/aromatic N) is 3. The maximum Gasteiger partial charge on any atom is 0.414 e. The first-order valence-electron chi connectivity index (χ1n) is 26.5. The third kappa shape index (κ3) is 17.4. The maximum absolute atomic E-state index is 16.3. The summed E-state index contributed by atoms with van der Waals surface area (Å²) >= 11 is 1.13. The lowest BCUT2D eigenvalue weighted by molar-refractivity contribution is -0.326. The molecule has 87 heavy (non-hydrogen) atoms. The third-order valence-corrected chi connectivity index (χ3v) is 16.3. The van der Waals surface area contributed by atoms with E-state index in [9.17, 15) is 86.8 Å². The second-order valence-corrected chi connectivity index (χ2v) is 23.9. The van der Waals surface area contributed by atoms with E-state index in [0.717, 1.165) is 35.6 Å². The molecule has 3 heterocycles. The molecule has 0 bridgehead atoms. The number of ketones is 2. The third-order valence-electron chi connectivity index (χ3n) is 13.4. The van der Waals surface area contributed by atoms with Crippen LogP contribution in [0.3, 0.4) is 0 Å². The van der Waals surface area contributed by atoms with E-state index in [1.807, 2.05) is 25.5 Å². The number of carbonyl (C=O) groups excluding carboxylic acids is 6. The van der Waals surface area contributed by atoms with E-state index in [-0.39, 0.29) is 40.1 Å². The number of aliphatic hydroxyl groups excluding tert-OH is 8. The largest absolute Gasteiger partial charge is 0.444 e. The number of rotatable bonds is 27. The minimum atomic E-state index is -4.97. The number of sulfonamides is 1. The summed E-state index contributed by atoms with van der Waals surface area (Å²) in [6, 6.07) is 12.1. The van der Waals surface area contributed by atoms with Gasteiger partial charge in [-0.1, -0.05) is 52.0 Å². The van der Waals surface area contributed by atoms with E-state index >= 15 is 4.39 Å². The number of primary amides is 1. The van der Waals surface area contributed by atoms with Crippen LogP contribution in [0.25, 0.3) is 21.8 Å². The highest BCUT2D eigenvalue weighted by atomic mass is 32.2. The summed E-state index contributed by atoms with van der Waals surface area (Å²) in [6.45, 7) is 5.70. The molecule has 1 aliphatic heterocycles. The van der Waals surface area contributed by atoms with Crippen molar-refractivity contribution in [3.8, 4) is 21.8 Å². The smallest absolute Gasteiger partial charge is 0.414 e. The number of aromatic nitrogens is 3. The Balaban J connectivity index is 1.02. The van der Waals surface area contributed by atoms with Crippen LogP contribution in [0, 0.1) is 29.3 Å². The Bertz CT molecular complexity index is 3390. The molecule has 2 aromatic heterocycles. The quantitative estimate of drug-likeness (QED) is 0.0352. The van der Waals surface area contributed by atoms with Crippen LogP contribution in [0.15, 0.2) is 77.8 Å². The van der Waals surface area contributed by atoms with E-state index in [4.69, 9.17) is 19.9 Å². The van der Waals surface area contributed by atoms with Crippen LogP contribution in [0.1, 0.15) is 64.5 Å². The average molecular weight is 1260 g/mol. The number of nitrogens with one attached hydrogen (secondary N) is 4. The van der Waals surface area contributed by atoms with Crippen molar-refractivity contribution in [2.45, 2.75) is 132 Å². The van der Waals surface area contributed by atoms with Crippen molar-refractivity contribution in [1.29, 1.82) is 0 Å². The standard InChI is InChI=1S/C55H65F3N8O19S2/c1-24(18-35(70)41(73)44(76)46(36(71)21-67)85-51-45(77)43(75)42(74)37(22-68)84-51)49(78)61-25(2)34(69)19-27(20-38(59)72)50(79)62-28-14-12-26(13-15-28)23-83-54(80)65-53-60-17-16-33(63-53)47-40(64-52(86-47)55(3,4)5)29-8-6-11-32(39(29)58)66-87(81,82)48-30(56)9-7-10-31(48)57/h6-17,24-25,27,36-37,41-46,51,66-68,71,73-77H,18-23H2,1-5H3,(H2,59,72)(H,61,78)(H,62,79)(H,60,63,65,80)/t24?,25?,27?,36-,37-,41+,42+,43+,44+,45-,46+,51+/m1/s1. The molecule has 0 radical (unpaired) electrons. The summed E-state index contributed by atoms with van der Waals surface area (Å²) in [5.41, 5.74) is 4.73. The number of ether oxygens (including phenoxy) is 3. The van der Waals surface area contributed by atoms with Crippen LogP contribution in [-0.4, -0.2) is 174 Å². The molecule has 4 amide bonds. The van der Waals surface area contributed by atoms with Gasteiger partial charge in [-0.2, -0.15) is 0 Å². The van der Waals surface area contributed by atoms with Crippen molar-refractivity contribution in [2.75, 3.05) is 28.6 Å². The second kappa shape index (κ2) is 29.5. The Morgan fingerprint density at radius 2 is 1.47 bits per heavy atom. The molecule has 1 saturated heterocycles. The van der Waals surface area contributed by atoms with Gasteiger partial charge in [-0.15, -0.1) is 11.3 Å². The second-order valence-electron chi connectivity index (χ2n) is 21.2. The fourth-order valence-electron chi connectivity index (χ4n) is 8.55. The number of halogens is 3.